The van der Waals surface area contributed by atoms with Crippen molar-refractivity contribution in [1.29, 1.82) is 0 Å². The number of benzene rings is 2. The first-order valence-electron chi connectivity index (χ1n) is 6.99. The largest absolute Gasteiger partial charge is 0.340 e. The molecule has 116 valence electrons. The van der Waals surface area contributed by atoms with Crippen LogP contribution in [0.2, 0.25) is 0 Å². The van der Waals surface area contributed by atoms with Gasteiger partial charge in [-0.3, -0.25) is 4.79 Å². The quantitative estimate of drug-likeness (QED) is 0.572. The van der Waals surface area contributed by atoms with Gasteiger partial charge < -0.3 is 5.32 Å². The number of amides is 1. The molecule has 1 amide bonds. The van der Waals surface area contributed by atoms with E-state index in [2.05, 4.69) is 27.9 Å². The Morgan fingerprint density at radius 3 is 2.43 bits per heavy atom. The molecule has 3 aromatic rings. The van der Waals surface area contributed by atoms with Gasteiger partial charge in [-0.1, -0.05) is 30.3 Å². The number of halogens is 2. The summed E-state index contributed by atoms with van der Waals surface area (Å²) in [5.41, 5.74) is 1.49. The molecule has 1 heterocycles. The predicted octanol–water partition coefficient (Wildman–Crippen LogP) is 5.01. The Bertz CT molecular complexity index is 802. The minimum absolute atomic E-state index is 0.141. The van der Waals surface area contributed by atoms with Crippen molar-refractivity contribution in [3.05, 3.63) is 91.4 Å². The van der Waals surface area contributed by atoms with Gasteiger partial charge >= 0.3 is 0 Å². The molecule has 0 fully saturated rings. The van der Waals surface area contributed by atoms with Gasteiger partial charge in [0, 0.05) is 8.45 Å². The fourth-order valence-corrected chi connectivity index (χ4v) is 3.72. The predicted molar refractivity (Wildman–Crippen MR) is 99.2 cm³/mol. The summed E-state index contributed by atoms with van der Waals surface area (Å²) in [4.78, 5) is 13.6. The maximum atomic E-state index is 13.2. The van der Waals surface area contributed by atoms with Crippen LogP contribution >= 0.6 is 33.9 Å². The van der Waals surface area contributed by atoms with Gasteiger partial charge in [0.05, 0.1) is 11.6 Å². The molecule has 0 bridgehead atoms. The molecule has 0 aliphatic carbocycles. The Balaban J connectivity index is 1.92. The smallest absolute Gasteiger partial charge is 0.253 e. The molecule has 0 saturated carbocycles. The zero-order valence-electron chi connectivity index (χ0n) is 12.0. The number of hydrogen-bond acceptors (Lipinski definition) is 2. The second-order valence-electron chi connectivity index (χ2n) is 4.95. The number of carbonyl (C=O) groups is 1. The summed E-state index contributed by atoms with van der Waals surface area (Å²) < 4.78 is 14.1. The summed E-state index contributed by atoms with van der Waals surface area (Å²) in [6, 6.07) is 17.3. The minimum Gasteiger partial charge on any atom is -0.340 e. The van der Waals surface area contributed by atoms with E-state index >= 15 is 0 Å². The van der Waals surface area contributed by atoms with E-state index in [-0.39, 0.29) is 17.8 Å². The molecule has 1 aromatic heterocycles. The molecular formula is C18H13FINOS. The number of rotatable bonds is 4. The van der Waals surface area contributed by atoms with Crippen molar-refractivity contribution in [2.24, 2.45) is 0 Å². The highest BCUT2D eigenvalue weighted by Gasteiger charge is 2.19. The maximum Gasteiger partial charge on any atom is 0.253 e. The molecule has 1 atom stereocenters. The highest BCUT2D eigenvalue weighted by atomic mass is 127. The zero-order valence-corrected chi connectivity index (χ0v) is 15.0. The van der Waals surface area contributed by atoms with Crippen LogP contribution in [0.25, 0.3) is 0 Å². The molecule has 0 radical (unpaired) electrons. The van der Waals surface area contributed by atoms with Crippen molar-refractivity contribution in [1.82, 2.24) is 5.32 Å². The van der Waals surface area contributed by atoms with E-state index in [1.165, 1.54) is 12.1 Å². The third kappa shape index (κ3) is 3.79. The SMILES string of the molecule is O=C(NC(c1ccc(F)cc1)c1cccs1)c1ccccc1I. The molecule has 5 heteroatoms. The Morgan fingerprint density at radius 1 is 1.04 bits per heavy atom. The van der Waals surface area contributed by atoms with Crippen molar-refractivity contribution in [2.45, 2.75) is 6.04 Å². The first-order chi connectivity index (χ1) is 11.1. The summed E-state index contributed by atoms with van der Waals surface area (Å²) in [7, 11) is 0. The second kappa shape index (κ2) is 7.23. The molecular weight excluding hydrogens is 424 g/mol. The molecule has 0 saturated heterocycles. The number of hydrogen-bond donors (Lipinski definition) is 1. The maximum absolute atomic E-state index is 13.2. The fourth-order valence-electron chi connectivity index (χ4n) is 2.28. The van der Waals surface area contributed by atoms with Crippen LogP contribution in [0.15, 0.2) is 66.0 Å². The average molecular weight is 437 g/mol. The molecule has 1 N–H and O–H groups in total. The lowest BCUT2D eigenvalue weighted by Gasteiger charge is -2.18. The highest BCUT2D eigenvalue weighted by molar-refractivity contribution is 14.1. The van der Waals surface area contributed by atoms with Crippen LogP contribution in [0.3, 0.4) is 0 Å². The van der Waals surface area contributed by atoms with Crippen molar-refractivity contribution in [3.8, 4) is 0 Å². The van der Waals surface area contributed by atoms with Crippen molar-refractivity contribution >= 4 is 39.8 Å². The van der Waals surface area contributed by atoms with Gasteiger partial charge in [-0.2, -0.15) is 0 Å². The summed E-state index contributed by atoms with van der Waals surface area (Å²) in [6.45, 7) is 0. The molecule has 0 aliphatic rings. The van der Waals surface area contributed by atoms with Crippen molar-refractivity contribution in [3.63, 3.8) is 0 Å². The van der Waals surface area contributed by atoms with Gasteiger partial charge in [0.1, 0.15) is 5.82 Å². The van der Waals surface area contributed by atoms with Crippen LogP contribution < -0.4 is 5.32 Å². The molecule has 0 aliphatic heterocycles. The van der Waals surface area contributed by atoms with Crippen LogP contribution in [0.4, 0.5) is 4.39 Å². The monoisotopic (exact) mass is 437 g/mol. The standard InChI is InChI=1S/C18H13FINOS/c19-13-9-7-12(8-10-13)17(16-6-3-11-23-16)21-18(22)14-4-1-2-5-15(14)20/h1-11,17H,(H,21,22). The topological polar surface area (TPSA) is 29.1 Å². The lowest BCUT2D eigenvalue weighted by Crippen LogP contribution is -2.29. The number of nitrogens with one attached hydrogen (secondary N) is 1. The minimum atomic E-state index is -0.292. The van der Waals surface area contributed by atoms with Gasteiger partial charge in [-0.05, 0) is 63.9 Å². The molecule has 3 rings (SSSR count). The lowest BCUT2D eigenvalue weighted by molar-refractivity contribution is 0.0942. The van der Waals surface area contributed by atoms with E-state index in [1.54, 1.807) is 29.5 Å². The van der Waals surface area contributed by atoms with Gasteiger partial charge in [-0.15, -0.1) is 11.3 Å². The zero-order chi connectivity index (χ0) is 16.2. The van der Waals surface area contributed by atoms with Gasteiger partial charge in [-0.25, -0.2) is 4.39 Å². The van der Waals surface area contributed by atoms with E-state index in [0.717, 1.165) is 14.0 Å². The van der Waals surface area contributed by atoms with Crippen LogP contribution in [0.1, 0.15) is 26.8 Å². The summed E-state index contributed by atoms with van der Waals surface area (Å²) >= 11 is 3.71. The molecule has 1 unspecified atom stereocenters. The Kier molecular flexibility index (Phi) is 5.07. The first-order valence-corrected chi connectivity index (χ1v) is 8.95. The molecule has 0 spiro atoms. The Labute approximate surface area is 151 Å². The van der Waals surface area contributed by atoms with Crippen LogP contribution in [-0.4, -0.2) is 5.91 Å². The number of thiophene rings is 1. The third-order valence-electron chi connectivity index (χ3n) is 3.42. The summed E-state index contributed by atoms with van der Waals surface area (Å²) in [5.74, 6) is -0.430. The van der Waals surface area contributed by atoms with Gasteiger partial charge in [0.2, 0.25) is 0 Å². The normalized spacial score (nSPS) is 11.9. The van der Waals surface area contributed by atoms with Crippen molar-refractivity contribution < 1.29 is 9.18 Å². The number of carbonyl (C=O) groups excluding carboxylic acids is 1. The van der Waals surface area contributed by atoms with Gasteiger partial charge in [0.15, 0.2) is 0 Å². The Hall–Kier alpha value is -1.73. The fraction of sp³-hybridized carbons (Fsp3) is 0.0556. The molecule has 23 heavy (non-hydrogen) atoms. The van der Waals surface area contributed by atoms with E-state index in [1.807, 2.05) is 35.7 Å². The van der Waals surface area contributed by atoms with Crippen LogP contribution in [-0.2, 0) is 0 Å². The van der Waals surface area contributed by atoms with Crippen LogP contribution in [0, 0.1) is 9.39 Å². The van der Waals surface area contributed by atoms with E-state index in [0.29, 0.717) is 5.56 Å². The van der Waals surface area contributed by atoms with E-state index in [4.69, 9.17) is 0 Å². The summed E-state index contributed by atoms with van der Waals surface area (Å²) in [6.07, 6.45) is 0. The van der Waals surface area contributed by atoms with E-state index < -0.39 is 0 Å². The average Bonchev–Trinajstić information content (AvgIpc) is 3.08. The highest BCUT2D eigenvalue weighted by Crippen LogP contribution is 2.27. The lowest BCUT2D eigenvalue weighted by atomic mass is 10.0. The Morgan fingerprint density at radius 2 is 1.78 bits per heavy atom. The third-order valence-corrected chi connectivity index (χ3v) is 5.30. The van der Waals surface area contributed by atoms with Gasteiger partial charge in [0.25, 0.3) is 5.91 Å². The second-order valence-corrected chi connectivity index (χ2v) is 7.09. The van der Waals surface area contributed by atoms with Crippen molar-refractivity contribution in [2.75, 3.05) is 0 Å². The molecule has 2 nitrogen and oxygen atoms in total. The van der Waals surface area contributed by atoms with Crippen LogP contribution in [0.5, 0.6) is 0 Å². The first kappa shape index (κ1) is 16.1. The summed E-state index contributed by atoms with van der Waals surface area (Å²) in [5, 5.41) is 5.02. The molecule has 2 aromatic carbocycles. The van der Waals surface area contributed by atoms with E-state index in [9.17, 15) is 9.18 Å².